The first-order valence-electron chi connectivity index (χ1n) is 8.90. The maximum absolute atomic E-state index is 10.6. The number of nitrogens with one attached hydrogen (secondary N) is 2. The summed E-state index contributed by atoms with van der Waals surface area (Å²) in [5.74, 6) is -1.90. The Hall–Kier alpha value is -2.72. The number of piperidine rings is 1. The largest absolute Gasteiger partial charge is 0.490 e. The summed E-state index contributed by atoms with van der Waals surface area (Å²) in [6.07, 6.45) is 0.945. The molecule has 3 aromatic rings. The van der Waals surface area contributed by atoms with Crippen LogP contribution >= 0.6 is 11.3 Å². The zero-order chi connectivity index (χ0) is 20.9. The smallest absolute Gasteiger partial charge is 0.475 e. The number of halogens is 3. The molecule has 10 heteroatoms. The standard InChI is InChI=1S/C17H18N4S.C2HF3O2/c1-2-14(9-18-6-1)20-17-11-19-10-15(21-17)13-4-3-12-5-7-22-16(12)8-13;3-2(4,5)1(6)7/h3-5,7-8,10-11,14,18H,1-2,6,9H2,(H,20,21);(H,6,7). The molecular formula is C19H19F3N4O2S. The Labute approximate surface area is 168 Å². The van der Waals surface area contributed by atoms with Crippen LogP contribution in [0.3, 0.4) is 0 Å². The van der Waals surface area contributed by atoms with Crippen LogP contribution < -0.4 is 10.6 Å². The van der Waals surface area contributed by atoms with Crippen molar-refractivity contribution < 1.29 is 23.1 Å². The number of aromatic nitrogens is 2. The van der Waals surface area contributed by atoms with Gasteiger partial charge in [0.05, 0.1) is 18.1 Å². The lowest BCUT2D eigenvalue weighted by Crippen LogP contribution is -2.38. The van der Waals surface area contributed by atoms with Gasteiger partial charge in [-0.25, -0.2) is 9.78 Å². The van der Waals surface area contributed by atoms with Gasteiger partial charge in [-0.3, -0.25) is 4.98 Å². The van der Waals surface area contributed by atoms with E-state index in [-0.39, 0.29) is 0 Å². The van der Waals surface area contributed by atoms with Crippen molar-refractivity contribution in [2.24, 2.45) is 0 Å². The number of fused-ring (bicyclic) bond motifs is 1. The second-order valence-corrected chi connectivity index (χ2v) is 7.40. The fourth-order valence-corrected chi connectivity index (χ4v) is 3.70. The van der Waals surface area contributed by atoms with Crippen molar-refractivity contribution in [3.8, 4) is 11.3 Å². The van der Waals surface area contributed by atoms with Crippen LogP contribution in [0.15, 0.2) is 42.0 Å². The maximum atomic E-state index is 10.6. The first-order valence-corrected chi connectivity index (χ1v) is 9.78. The summed E-state index contributed by atoms with van der Waals surface area (Å²) in [7, 11) is 0. The van der Waals surface area contributed by atoms with Crippen molar-refractivity contribution in [3.05, 3.63) is 42.0 Å². The van der Waals surface area contributed by atoms with E-state index in [0.717, 1.165) is 30.2 Å². The molecule has 1 fully saturated rings. The van der Waals surface area contributed by atoms with Crippen molar-refractivity contribution in [1.29, 1.82) is 0 Å². The maximum Gasteiger partial charge on any atom is 0.490 e. The Morgan fingerprint density at radius 3 is 2.76 bits per heavy atom. The van der Waals surface area contributed by atoms with Crippen LogP contribution in [0.25, 0.3) is 21.3 Å². The molecule has 4 rings (SSSR count). The third-order valence-electron chi connectivity index (χ3n) is 4.28. The lowest BCUT2D eigenvalue weighted by atomic mass is 10.1. The van der Waals surface area contributed by atoms with Crippen molar-refractivity contribution in [3.63, 3.8) is 0 Å². The van der Waals surface area contributed by atoms with Crippen LogP contribution in [0, 0.1) is 0 Å². The Balaban J connectivity index is 0.000000298. The van der Waals surface area contributed by atoms with Gasteiger partial charge in [-0.15, -0.1) is 11.3 Å². The number of aliphatic carboxylic acids is 1. The van der Waals surface area contributed by atoms with Gasteiger partial charge in [-0.05, 0) is 42.3 Å². The van der Waals surface area contributed by atoms with Crippen LogP contribution in [0.4, 0.5) is 19.0 Å². The molecule has 2 aromatic heterocycles. The molecule has 3 heterocycles. The van der Waals surface area contributed by atoms with Gasteiger partial charge in [0.1, 0.15) is 5.82 Å². The van der Waals surface area contributed by atoms with Crippen LogP contribution in [-0.2, 0) is 4.79 Å². The number of carboxylic acid groups (broad SMARTS) is 1. The van der Waals surface area contributed by atoms with Gasteiger partial charge in [-0.1, -0.05) is 12.1 Å². The predicted molar refractivity (Wildman–Crippen MR) is 106 cm³/mol. The summed E-state index contributed by atoms with van der Waals surface area (Å²) in [4.78, 5) is 18.0. The molecule has 1 aliphatic rings. The highest BCUT2D eigenvalue weighted by molar-refractivity contribution is 7.17. The molecule has 1 aliphatic heterocycles. The average Bonchev–Trinajstić information content (AvgIpc) is 3.16. The van der Waals surface area contributed by atoms with E-state index in [0.29, 0.717) is 6.04 Å². The Kier molecular flexibility index (Phi) is 6.65. The molecule has 1 atom stereocenters. The Morgan fingerprint density at radius 1 is 1.28 bits per heavy atom. The van der Waals surface area contributed by atoms with Crippen LogP contribution in [-0.4, -0.2) is 46.4 Å². The zero-order valence-electron chi connectivity index (χ0n) is 15.2. The van der Waals surface area contributed by atoms with E-state index in [1.807, 2.05) is 12.4 Å². The zero-order valence-corrected chi connectivity index (χ0v) is 16.1. The van der Waals surface area contributed by atoms with Crippen LogP contribution in [0.1, 0.15) is 12.8 Å². The quantitative estimate of drug-likeness (QED) is 0.585. The molecule has 29 heavy (non-hydrogen) atoms. The molecule has 0 bridgehead atoms. The first-order chi connectivity index (χ1) is 13.8. The fraction of sp³-hybridized carbons (Fsp3) is 0.316. The van der Waals surface area contributed by atoms with E-state index >= 15 is 0 Å². The van der Waals surface area contributed by atoms with E-state index in [1.54, 1.807) is 11.3 Å². The van der Waals surface area contributed by atoms with Gasteiger partial charge in [0.25, 0.3) is 0 Å². The third kappa shape index (κ3) is 5.88. The van der Waals surface area contributed by atoms with E-state index in [9.17, 15) is 13.2 Å². The molecule has 1 aromatic carbocycles. The van der Waals surface area contributed by atoms with Crippen LogP contribution in [0.5, 0.6) is 0 Å². The molecule has 0 spiro atoms. The molecule has 0 amide bonds. The fourth-order valence-electron chi connectivity index (χ4n) is 2.87. The second-order valence-electron chi connectivity index (χ2n) is 6.45. The van der Waals surface area contributed by atoms with E-state index < -0.39 is 12.1 Å². The number of hydrogen-bond donors (Lipinski definition) is 3. The van der Waals surface area contributed by atoms with Crippen molar-refractivity contribution in [2.75, 3.05) is 18.4 Å². The average molecular weight is 424 g/mol. The minimum atomic E-state index is -5.08. The number of carboxylic acids is 1. The first kappa shape index (κ1) is 21.0. The SMILES string of the molecule is O=C(O)C(F)(F)F.c1cc2ccc(-c3cncc(NC4CCCNC4)n3)cc2s1. The van der Waals surface area contributed by atoms with Crippen molar-refractivity contribution in [2.45, 2.75) is 25.1 Å². The Bertz CT molecular complexity index is 971. The summed E-state index contributed by atoms with van der Waals surface area (Å²) in [6.45, 7) is 2.11. The van der Waals surface area contributed by atoms with Crippen LogP contribution in [0.2, 0.25) is 0 Å². The number of thiophene rings is 1. The summed E-state index contributed by atoms with van der Waals surface area (Å²) >= 11 is 1.76. The molecule has 0 saturated carbocycles. The molecule has 1 unspecified atom stereocenters. The molecule has 1 saturated heterocycles. The third-order valence-corrected chi connectivity index (χ3v) is 5.16. The molecular weight excluding hydrogens is 405 g/mol. The Morgan fingerprint density at radius 2 is 2.07 bits per heavy atom. The summed E-state index contributed by atoms with van der Waals surface area (Å²) < 4.78 is 33.0. The van der Waals surface area contributed by atoms with E-state index in [1.165, 1.54) is 22.9 Å². The highest BCUT2D eigenvalue weighted by atomic mass is 32.1. The normalized spacial score (nSPS) is 16.7. The molecule has 154 valence electrons. The highest BCUT2D eigenvalue weighted by Crippen LogP contribution is 2.27. The minimum Gasteiger partial charge on any atom is -0.475 e. The molecule has 0 aliphatic carbocycles. The van der Waals surface area contributed by atoms with Gasteiger partial charge in [0.2, 0.25) is 0 Å². The van der Waals surface area contributed by atoms with E-state index in [4.69, 9.17) is 14.9 Å². The molecule has 3 N–H and O–H groups in total. The number of alkyl halides is 3. The summed E-state index contributed by atoms with van der Waals surface area (Å²) in [5, 5.41) is 17.4. The number of rotatable bonds is 3. The van der Waals surface area contributed by atoms with Crippen molar-refractivity contribution in [1.82, 2.24) is 15.3 Å². The topological polar surface area (TPSA) is 87.1 Å². The number of hydrogen-bond acceptors (Lipinski definition) is 6. The van der Waals surface area contributed by atoms with Gasteiger partial charge < -0.3 is 15.7 Å². The summed E-state index contributed by atoms with van der Waals surface area (Å²) in [5.41, 5.74) is 2.04. The molecule has 6 nitrogen and oxygen atoms in total. The van der Waals surface area contributed by atoms with E-state index in [2.05, 4.69) is 45.3 Å². The number of carbonyl (C=O) groups is 1. The summed E-state index contributed by atoms with van der Waals surface area (Å²) in [6, 6.07) is 9.04. The predicted octanol–water partition coefficient (Wildman–Crippen LogP) is 4.16. The number of anilines is 1. The number of nitrogens with zero attached hydrogens (tertiary/aromatic N) is 2. The monoisotopic (exact) mass is 424 g/mol. The highest BCUT2D eigenvalue weighted by Gasteiger charge is 2.38. The minimum absolute atomic E-state index is 0.443. The molecule has 0 radical (unpaired) electrons. The van der Waals surface area contributed by atoms with Gasteiger partial charge in [-0.2, -0.15) is 13.2 Å². The van der Waals surface area contributed by atoms with Gasteiger partial charge in [0.15, 0.2) is 0 Å². The van der Waals surface area contributed by atoms with Gasteiger partial charge in [0, 0.05) is 22.8 Å². The lowest BCUT2D eigenvalue weighted by Gasteiger charge is -2.24. The van der Waals surface area contributed by atoms with Crippen molar-refractivity contribution >= 4 is 33.2 Å². The second kappa shape index (κ2) is 9.19. The van der Waals surface area contributed by atoms with Gasteiger partial charge >= 0.3 is 12.1 Å². The lowest BCUT2D eigenvalue weighted by molar-refractivity contribution is -0.192. The number of benzene rings is 1.